The zero-order valence-corrected chi connectivity index (χ0v) is 10.7. The van der Waals surface area contributed by atoms with E-state index < -0.39 is 11.8 Å². The second kappa shape index (κ2) is 4.56. The van der Waals surface area contributed by atoms with E-state index in [1.807, 2.05) is 32.0 Å². The first kappa shape index (κ1) is 12.8. The second-order valence-electron chi connectivity index (χ2n) is 4.33. The van der Waals surface area contributed by atoms with E-state index >= 15 is 0 Å². The molecule has 1 heterocycles. The molecule has 0 aliphatic rings. The van der Waals surface area contributed by atoms with Gasteiger partial charge in [0, 0.05) is 0 Å². The molecule has 0 saturated heterocycles. The number of benzene rings is 1. The van der Waals surface area contributed by atoms with Crippen molar-refractivity contribution < 1.29 is 9.59 Å². The first-order valence-electron chi connectivity index (χ1n) is 5.66. The lowest BCUT2D eigenvalue weighted by Gasteiger charge is -2.10. The summed E-state index contributed by atoms with van der Waals surface area (Å²) >= 11 is 0. The van der Waals surface area contributed by atoms with Gasteiger partial charge in [0.1, 0.15) is 12.0 Å². The Balaban J connectivity index is 2.69. The van der Waals surface area contributed by atoms with Gasteiger partial charge in [0.05, 0.1) is 5.69 Å². The Bertz CT molecular complexity index is 673. The van der Waals surface area contributed by atoms with Crippen molar-refractivity contribution in [3.8, 4) is 5.69 Å². The number of hydrogen-bond acceptors (Lipinski definition) is 3. The van der Waals surface area contributed by atoms with Gasteiger partial charge in [-0.25, -0.2) is 4.98 Å². The van der Waals surface area contributed by atoms with E-state index in [4.69, 9.17) is 11.5 Å². The third-order valence-corrected chi connectivity index (χ3v) is 2.85. The van der Waals surface area contributed by atoms with Crippen molar-refractivity contribution >= 4 is 11.8 Å². The molecule has 6 nitrogen and oxygen atoms in total. The normalized spacial score (nSPS) is 10.4. The molecule has 6 heteroatoms. The van der Waals surface area contributed by atoms with Crippen LogP contribution in [0, 0.1) is 13.8 Å². The highest BCUT2D eigenvalue weighted by molar-refractivity contribution is 6.04. The van der Waals surface area contributed by atoms with Crippen molar-refractivity contribution in [2.75, 3.05) is 0 Å². The minimum absolute atomic E-state index is 0.000506. The highest BCUT2D eigenvalue weighted by atomic mass is 16.2. The lowest BCUT2D eigenvalue weighted by atomic mass is 10.1. The molecule has 0 radical (unpaired) electrons. The monoisotopic (exact) mass is 258 g/mol. The highest BCUT2D eigenvalue weighted by Gasteiger charge is 2.21. The fourth-order valence-electron chi connectivity index (χ4n) is 2.02. The molecule has 2 rings (SSSR count). The van der Waals surface area contributed by atoms with Gasteiger partial charge in [-0.1, -0.05) is 17.7 Å². The predicted molar refractivity (Wildman–Crippen MR) is 70.1 cm³/mol. The molecule has 4 N–H and O–H groups in total. The van der Waals surface area contributed by atoms with Crippen molar-refractivity contribution in [2.45, 2.75) is 13.8 Å². The maximum atomic E-state index is 11.5. The van der Waals surface area contributed by atoms with Crippen LogP contribution in [-0.2, 0) is 0 Å². The molecule has 0 bridgehead atoms. The first-order chi connectivity index (χ1) is 8.91. The van der Waals surface area contributed by atoms with Gasteiger partial charge in [-0.15, -0.1) is 0 Å². The summed E-state index contributed by atoms with van der Waals surface area (Å²) in [6, 6.07) is 5.70. The summed E-state index contributed by atoms with van der Waals surface area (Å²) in [6.07, 6.45) is 1.37. The second-order valence-corrected chi connectivity index (χ2v) is 4.33. The topological polar surface area (TPSA) is 104 Å². The van der Waals surface area contributed by atoms with Crippen LogP contribution in [0.25, 0.3) is 5.69 Å². The van der Waals surface area contributed by atoms with Gasteiger partial charge in [0.2, 0.25) is 0 Å². The van der Waals surface area contributed by atoms with Gasteiger partial charge in [-0.05, 0) is 25.5 Å². The van der Waals surface area contributed by atoms with Gasteiger partial charge in [0.15, 0.2) is 5.69 Å². The number of imidazole rings is 1. The van der Waals surface area contributed by atoms with Crippen LogP contribution in [0.1, 0.15) is 32.1 Å². The Morgan fingerprint density at radius 2 is 1.84 bits per heavy atom. The summed E-state index contributed by atoms with van der Waals surface area (Å²) in [7, 11) is 0. The molecule has 0 aliphatic carbocycles. The molecule has 1 aromatic heterocycles. The number of hydrogen-bond donors (Lipinski definition) is 2. The van der Waals surface area contributed by atoms with Gasteiger partial charge in [-0.3, -0.25) is 14.2 Å². The van der Waals surface area contributed by atoms with Crippen molar-refractivity contribution in [1.82, 2.24) is 9.55 Å². The van der Waals surface area contributed by atoms with Crippen LogP contribution in [0.2, 0.25) is 0 Å². The highest BCUT2D eigenvalue weighted by Crippen LogP contribution is 2.19. The summed E-state index contributed by atoms with van der Waals surface area (Å²) in [4.78, 5) is 26.6. The molecular weight excluding hydrogens is 244 g/mol. The summed E-state index contributed by atoms with van der Waals surface area (Å²) < 4.78 is 1.48. The molecule has 1 aromatic carbocycles. The third-order valence-electron chi connectivity index (χ3n) is 2.85. The maximum Gasteiger partial charge on any atom is 0.269 e. The van der Waals surface area contributed by atoms with Gasteiger partial charge in [0.25, 0.3) is 11.8 Å². The fraction of sp³-hybridized carbons (Fsp3) is 0.154. The SMILES string of the molecule is Cc1ccc(-n2cnc(C(N)=O)c2C(N)=O)c(C)c1. The average molecular weight is 258 g/mol. The lowest BCUT2D eigenvalue weighted by molar-refractivity contribution is 0.0960. The Hall–Kier alpha value is -2.63. The molecule has 0 atom stereocenters. The molecule has 0 spiro atoms. The molecule has 0 aliphatic heterocycles. The number of aryl methyl sites for hydroxylation is 2. The number of amides is 2. The van der Waals surface area contributed by atoms with Gasteiger partial charge in [-0.2, -0.15) is 0 Å². The van der Waals surface area contributed by atoms with Crippen LogP contribution in [0.5, 0.6) is 0 Å². The van der Waals surface area contributed by atoms with Gasteiger partial charge >= 0.3 is 0 Å². The molecule has 98 valence electrons. The lowest BCUT2D eigenvalue weighted by Crippen LogP contribution is -2.23. The zero-order chi connectivity index (χ0) is 14.2. The molecule has 2 amide bonds. The van der Waals surface area contributed by atoms with E-state index in [9.17, 15) is 9.59 Å². The minimum atomic E-state index is -0.780. The Morgan fingerprint density at radius 3 is 2.37 bits per heavy atom. The summed E-state index contributed by atoms with van der Waals surface area (Å²) in [6.45, 7) is 3.87. The quantitative estimate of drug-likeness (QED) is 0.846. The van der Waals surface area contributed by atoms with Crippen LogP contribution in [0.3, 0.4) is 0 Å². The van der Waals surface area contributed by atoms with E-state index in [1.54, 1.807) is 0 Å². The first-order valence-corrected chi connectivity index (χ1v) is 5.66. The number of carbonyl (C=O) groups is 2. The number of aromatic nitrogens is 2. The Kier molecular flexibility index (Phi) is 3.08. The smallest absolute Gasteiger partial charge is 0.269 e. The molecule has 2 aromatic rings. The van der Waals surface area contributed by atoms with E-state index in [1.165, 1.54) is 10.9 Å². The predicted octanol–water partition coefficient (Wildman–Crippen LogP) is 0.687. The van der Waals surface area contributed by atoms with Crippen LogP contribution in [0.4, 0.5) is 0 Å². The number of carbonyl (C=O) groups excluding carboxylic acids is 2. The minimum Gasteiger partial charge on any atom is -0.364 e. The number of nitrogens with two attached hydrogens (primary N) is 2. The van der Waals surface area contributed by atoms with Gasteiger partial charge < -0.3 is 11.5 Å². The summed E-state index contributed by atoms with van der Waals surface area (Å²) in [5, 5.41) is 0. The largest absolute Gasteiger partial charge is 0.364 e. The fourth-order valence-corrected chi connectivity index (χ4v) is 2.02. The average Bonchev–Trinajstić information content (AvgIpc) is 2.73. The molecular formula is C13H14N4O2. The molecule has 19 heavy (non-hydrogen) atoms. The Morgan fingerprint density at radius 1 is 1.16 bits per heavy atom. The summed E-state index contributed by atoms with van der Waals surface area (Å²) in [5.74, 6) is -1.52. The van der Waals surface area contributed by atoms with E-state index in [2.05, 4.69) is 4.98 Å². The number of nitrogens with zero attached hydrogens (tertiary/aromatic N) is 2. The zero-order valence-electron chi connectivity index (χ0n) is 10.7. The summed E-state index contributed by atoms with van der Waals surface area (Å²) in [5.41, 5.74) is 13.1. The Labute approximate surface area is 110 Å². The van der Waals surface area contributed by atoms with Crippen LogP contribution >= 0.6 is 0 Å². The maximum absolute atomic E-state index is 11.5. The van der Waals surface area contributed by atoms with Crippen molar-refractivity contribution in [3.05, 3.63) is 47.0 Å². The van der Waals surface area contributed by atoms with Crippen LogP contribution in [-0.4, -0.2) is 21.4 Å². The van der Waals surface area contributed by atoms with E-state index in [-0.39, 0.29) is 11.4 Å². The molecule has 0 unspecified atom stereocenters. The van der Waals surface area contributed by atoms with Crippen molar-refractivity contribution in [1.29, 1.82) is 0 Å². The standard InChI is InChI=1S/C13H14N4O2/c1-7-3-4-9(8(2)5-7)17-6-16-10(12(14)18)11(17)13(15)19/h3-6H,1-2H3,(H2,14,18)(H2,15,19). The van der Waals surface area contributed by atoms with Crippen LogP contribution in [0.15, 0.2) is 24.5 Å². The van der Waals surface area contributed by atoms with E-state index in [0.717, 1.165) is 16.8 Å². The van der Waals surface area contributed by atoms with Crippen LogP contribution < -0.4 is 11.5 Å². The van der Waals surface area contributed by atoms with E-state index in [0.29, 0.717) is 0 Å². The molecule has 0 saturated carbocycles. The third kappa shape index (κ3) is 2.20. The van der Waals surface area contributed by atoms with Crippen molar-refractivity contribution in [2.24, 2.45) is 11.5 Å². The number of rotatable bonds is 3. The molecule has 0 fully saturated rings. The number of primary amides is 2. The van der Waals surface area contributed by atoms with Crippen molar-refractivity contribution in [3.63, 3.8) is 0 Å².